The van der Waals surface area contributed by atoms with Crippen molar-refractivity contribution in [2.24, 2.45) is 17.6 Å². The van der Waals surface area contributed by atoms with Gasteiger partial charge in [-0.3, -0.25) is 19.3 Å². The molecule has 1 aromatic carbocycles. The molecule has 0 saturated heterocycles. The maximum Gasteiger partial charge on any atom is 0.255 e. The van der Waals surface area contributed by atoms with Gasteiger partial charge in [0.25, 0.3) is 5.91 Å². The number of nitrogens with zero attached hydrogens (tertiary/aromatic N) is 1. The number of amides is 1. The van der Waals surface area contributed by atoms with E-state index >= 15 is 0 Å². The Hall–Kier alpha value is -2.57. The maximum absolute atomic E-state index is 14.0. The smallest absolute Gasteiger partial charge is 0.255 e. The molecule has 37 heavy (non-hydrogen) atoms. The van der Waals surface area contributed by atoms with Crippen molar-refractivity contribution in [3.8, 4) is 5.75 Å². The maximum atomic E-state index is 14.0. The minimum absolute atomic E-state index is 0.0195. The quantitative estimate of drug-likeness (QED) is 0.161. The van der Waals surface area contributed by atoms with Crippen LogP contribution in [0.25, 0.3) is 5.76 Å². The van der Waals surface area contributed by atoms with Gasteiger partial charge in [-0.15, -0.1) is 11.6 Å². The third kappa shape index (κ3) is 3.95. The molecular formula is C25H29ClN2O8S. The Morgan fingerprint density at radius 1 is 1.22 bits per heavy atom. The van der Waals surface area contributed by atoms with Crippen LogP contribution in [0, 0.1) is 11.8 Å². The first-order valence-corrected chi connectivity index (χ1v) is 13.4. The van der Waals surface area contributed by atoms with E-state index in [2.05, 4.69) is 0 Å². The molecule has 1 aromatic rings. The Kier molecular flexibility index (Phi) is 7.39. The number of rotatable bonds is 7. The molecule has 4 rings (SSSR count). The monoisotopic (exact) mass is 552 g/mol. The summed E-state index contributed by atoms with van der Waals surface area (Å²) in [7, 11) is 2.94. The van der Waals surface area contributed by atoms with Crippen LogP contribution in [0.3, 0.4) is 0 Å². The first kappa shape index (κ1) is 27.5. The molecular weight excluding hydrogens is 524 g/mol. The topological polar surface area (TPSA) is 182 Å². The van der Waals surface area contributed by atoms with Gasteiger partial charge in [0.05, 0.1) is 23.6 Å². The van der Waals surface area contributed by atoms with Gasteiger partial charge in [-0.1, -0.05) is 12.1 Å². The van der Waals surface area contributed by atoms with Crippen molar-refractivity contribution in [3.05, 3.63) is 46.2 Å². The molecule has 3 aliphatic carbocycles. The molecule has 0 unspecified atom stereocenters. The predicted octanol–water partition coefficient (Wildman–Crippen LogP) is 0.838. The number of nitrogens with two attached hydrogens (primary N) is 1. The lowest BCUT2D eigenvalue weighted by atomic mass is 9.54. The van der Waals surface area contributed by atoms with Crippen LogP contribution in [-0.4, -0.2) is 97.1 Å². The average Bonchev–Trinajstić information content (AvgIpc) is 2.82. The number of primary amides is 1. The van der Waals surface area contributed by atoms with E-state index in [1.807, 2.05) is 0 Å². The number of aliphatic hydroxyl groups excluding tert-OH is 3. The summed E-state index contributed by atoms with van der Waals surface area (Å²) in [6.45, 7) is 0. The van der Waals surface area contributed by atoms with E-state index in [1.165, 1.54) is 36.8 Å². The number of halogens is 1. The van der Waals surface area contributed by atoms with Crippen LogP contribution < -0.4 is 5.73 Å². The van der Waals surface area contributed by atoms with E-state index in [1.54, 1.807) is 12.1 Å². The number of thioether (sulfide) groups is 1. The van der Waals surface area contributed by atoms with Crippen LogP contribution in [0.2, 0.25) is 0 Å². The zero-order chi connectivity index (χ0) is 27.4. The van der Waals surface area contributed by atoms with Crippen LogP contribution in [0.5, 0.6) is 5.75 Å². The zero-order valence-electron chi connectivity index (χ0n) is 20.2. The molecule has 7 N–H and O–H groups in total. The van der Waals surface area contributed by atoms with Crippen molar-refractivity contribution in [3.63, 3.8) is 0 Å². The number of likely N-dealkylation sites (N-methyl/N-ethyl adjacent to an activating group) is 1. The molecule has 1 fully saturated rings. The molecule has 0 aromatic heterocycles. The summed E-state index contributed by atoms with van der Waals surface area (Å²) in [6, 6.07) is 3.20. The van der Waals surface area contributed by atoms with Gasteiger partial charge in [0.1, 0.15) is 22.8 Å². The van der Waals surface area contributed by atoms with Crippen molar-refractivity contribution in [1.29, 1.82) is 0 Å². The number of hydrogen-bond donors (Lipinski definition) is 6. The number of fused-ring (bicyclic) bond motifs is 3. The number of hydrogen-bond acceptors (Lipinski definition) is 10. The predicted molar refractivity (Wildman–Crippen MR) is 137 cm³/mol. The second kappa shape index (κ2) is 9.95. The highest BCUT2D eigenvalue weighted by Gasteiger charge is 2.68. The van der Waals surface area contributed by atoms with E-state index in [9.17, 15) is 39.9 Å². The largest absolute Gasteiger partial charge is 0.508 e. The van der Waals surface area contributed by atoms with Crippen molar-refractivity contribution in [1.82, 2.24) is 4.90 Å². The molecule has 0 radical (unpaired) electrons. The summed E-state index contributed by atoms with van der Waals surface area (Å²) in [5.74, 6) is -7.47. The lowest BCUT2D eigenvalue weighted by molar-refractivity contribution is -0.169. The van der Waals surface area contributed by atoms with Gasteiger partial charge in [0.15, 0.2) is 11.4 Å². The van der Waals surface area contributed by atoms with E-state index in [0.29, 0.717) is 29.4 Å². The summed E-state index contributed by atoms with van der Waals surface area (Å²) in [5.41, 5.74) is 1.53. The number of carbonyl (C=O) groups is 3. The van der Waals surface area contributed by atoms with Crippen LogP contribution >= 0.6 is 23.4 Å². The molecule has 6 atom stereocenters. The van der Waals surface area contributed by atoms with E-state index in [0.717, 1.165) is 0 Å². The number of phenolic OH excluding ortho intramolecular Hbond substituents is 1. The van der Waals surface area contributed by atoms with Crippen molar-refractivity contribution in [2.75, 3.05) is 31.5 Å². The highest BCUT2D eigenvalue weighted by molar-refractivity contribution is 7.99. The number of ketones is 2. The SMILES string of the molecule is CN(C)[C@@H]1C(=O)C(C(N)=O)=C(O)[C@@]2(O)C(=O)C3=C(O)c4c(O)cccc4[C@H](CSCCCCl)[C@H]3[C@H](O)[C@@H]12. The normalized spacial score (nSPS) is 31.4. The van der Waals surface area contributed by atoms with Gasteiger partial charge >= 0.3 is 0 Å². The minimum Gasteiger partial charge on any atom is -0.508 e. The van der Waals surface area contributed by atoms with Crippen LogP contribution in [0.1, 0.15) is 23.5 Å². The molecule has 0 heterocycles. The fourth-order valence-electron chi connectivity index (χ4n) is 5.96. The van der Waals surface area contributed by atoms with Crippen molar-refractivity contribution >= 4 is 46.6 Å². The number of phenols is 1. The van der Waals surface area contributed by atoms with E-state index in [4.69, 9.17) is 17.3 Å². The zero-order valence-corrected chi connectivity index (χ0v) is 21.8. The van der Waals surface area contributed by atoms with Crippen molar-refractivity contribution in [2.45, 2.75) is 30.1 Å². The number of carbonyl (C=O) groups excluding carboxylic acids is 3. The lowest BCUT2D eigenvalue weighted by Crippen LogP contribution is -2.70. The van der Waals surface area contributed by atoms with Gasteiger partial charge in [-0.05, 0) is 37.9 Å². The summed E-state index contributed by atoms with van der Waals surface area (Å²) in [5, 5.41) is 56.2. The number of aromatic hydroxyl groups is 1. The van der Waals surface area contributed by atoms with E-state index in [-0.39, 0.29) is 11.3 Å². The highest BCUT2D eigenvalue weighted by atomic mass is 35.5. The van der Waals surface area contributed by atoms with Gasteiger partial charge < -0.3 is 31.3 Å². The van der Waals surface area contributed by atoms with Gasteiger partial charge in [0, 0.05) is 29.0 Å². The molecule has 200 valence electrons. The fraction of sp³-hybridized carbons (Fsp3) is 0.480. The number of Topliss-reactive ketones (excluding diaryl/α,β-unsaturated/α-hetero) is 2. The number of alkyl halides is 1. The highest BCUT2D eigenvalue weighted by Crippen LogP contribution is 2.56. The Bertz CT molecular complexity index is 1230. The Morgan fingerprint density at radius 3 is 2.49 bits per heavy atom. The second-order valence-corrected chi connectivity index (χ2v) is 11.3. The molecule has 0 bridgehead atoms. The summed E-state index contributed by atoms with van der Waals surface area (Å²) in [4.78, 5) is 40.7. The van der Waals surface area contributed by atoms with Gasteiger partial charge in [0.2, 0.25) is 5.78 Å². The first-order chi connectivity index (χ1) is 17.4. The van der Waals surface area contributed by atoms with Gasteiger partial charge in [-0.2, -0.15) is 11.8 Å². The fourth-order valence-corrected chi connectivity index (χ4v) is 7.41. The number of benzene rings is 1. The standard InChI is InChI=1S/C25H29ClN2O8S/c1-28(2)18-17-20(31)14-11(9-37-8-4-7-26)10-5-3-6-12(29)13(10)19(30)15(14)22(33)25(17,36)23(34)16(21(18)32)24(27)35/h3,5-6,11,14,17-18,20,29-31,34,36H,4,7-9H2,1-2H3,(H2,27,35)/t11-,14+,17+,18-,20-,25-/m0/s1. The molecule has 0 spiro atoms. The van der Waals surface area contributed by atoms with Crippen molar-refractivity contribution < 1.29 is 39.9 Å². The molecule has 3 aliphatic rings. The Labute approximate surface area is 222 Å². The lowest BCUT2D eigenvalue weighted by Gasteiger charge is -2.54. The number of aliphatic hydroxyl groups is 4. The second-order valence-electron chi connectivity index (χ2n) is 9.73. The molecule has 0 aliphatic heterocycles. The molecule has 1 amide bonds. The summed E-state index contributed by atoms with van der Waals surface area (Å²) < 4.78 is 0. The van der Waals surface area contributed by atoms with Gasteiger partial charge in [-0.25, -0.2) is 0 Å². The van der Waals surface area contributed by atoms with E-state index < -0.39 is 75.6 Å². The molecule has 10 nitrogen and oxygen atoms in total. The van der Waals surface area contributed by atoms with Crippen LogP contribution in [-0.2, 0) is 14.4 Å². The third-order valence-electron chi connectivity index (χ3n) is 7.52. The summed E-state index contributed by atoms with van der Waals surface area (Å²) in [6.07, 6.45) is -0.915. The first-order valence-electron chi connectivity index (χ1n) is 11.7. The Morgan fingerprint density at radius 2 is 1.89 bits per heavy atom. The third-order valence-corrected chi connectivity index (χ3v) is 8.96. The summed E-state index contributed by atoms with van der Waals surface area (Å²) >= 11 is 7.30. The van der Waals surface area contributed by atoms with Crippen LogP contribution in [0.15, 0.2) is 35.1 Å². The molecule has 1 saturated carbocycles. The average molecular weight is 553 g/mol. The molecule has 12 heteroatoms. The minimum atomic E-state index is -2.93. The Balaban J connectivity index is 1.98. The van der Waals surface area contributed by atoms with Crippen LogP contribution in [0.4, 0.5) is 0 Å².